The van der Waals surface area contributed by atoms with E-state index < -0.39 is 10.0 Å². The van der Waals surface area contributed by atoms with Crippen LogP contribution in [0.15, 0.2) is 29.2 Å². The molecule has 0 aliphatic carbocycles. The van der Waals surface area contributed by atoms with Gasteiger partial charge in [-0.1, -0.05) is 32.6 Å². The van der Waals surface area contributed by atoms with Gasteiger partial charge < -0.3 is 5.32 Å². The van der Waals surface area contributed by atoms with Crippen molar-refractivity contribution in [1.29, 1.82) is 0 Å². The SMILES string of the molecule is CCCCCCC(C)NC(=O)c1ccc(S(=O)(=O)N(C)C(C)C)cc1. The first kappa shape index (κ1) is 21.6. The average Bonchev–Trinajstić information content (AvgIpc) is 2.58. The Balaban J connectivity index is 2.68. The van der Waals surface area contributed by atoms with Gasteiger partial charge in [0, 0.05) is 24.7 Å². The van der Waals surface area contributed by atoms with Crippen molar-refractivity contribution < 1.29 is 13.2 Å². The van der Waals surface area contributed by atoms with Gasteiger partial charge in [0.2, 0.25) is 10.0 Å². The van der Waals surface area contributed by atoms with E-state index in [4.69, 9.17) is 0 Å². The Morgan fingerprint density at radius 1 is 1.08 bits per heavy atom. The fourth-order valence-corrected chi connectivity index (χ4v) is 3.85. The van der Waals surface area contributed by atoms with Crippen molar-refractivity contribution in [2.75, 3.05) is 7.05 Å². The molecular weight excluding hydrogens is 336 g/mol. The molecule has 0 heterocycles. The molecule has 0 saturated heterocycles. The molecule has 0 aliphatic heterocycles. The van der Waals surface area contributed by atoms with Crippen LogP contribution in [0.25, 0.3) is 0 Å². The summed E-state index contributed by atoms with van der Waals surface area (Å²) in [5.74, 6) is -0.163. The summed E-state index contributed by atoms with van der Waals surface area (Å²) in [7, 11) is -1.96. The number of rotatable bonds is 10. The lowest BCUT2D eigenvalue weighted by molar-refractivity contribution is 0.0937. The smallest absolute Gasteiger partial charge is 0.251 e. The zero-order valence-corrected chi connectivity index (χ0v) is 16.9. The molecule has 0 fully saturated rings. The van der Waals surface area contributed by atoms with Gasteiger partial charge in [-0.2, -0.15) is 4.31 Å². The number of carbonyl (C=O) groups is 1. The third kappa shape index (κ3) is 6.44. The summed E-state index contributed by atoms with van der Waals surface area (Å²) in [6, 6.07) is 6.12. The minimum atomic E-state index is -3.52. The number of unbranched alkanes of at least 4 members (excludes halogenated alkanes) is 3. The summed E-state index contributed by atoms with van der Waals surface area (Å²) in [5, 5.41) is 2.97. The molecule has 0 aromatic heterocycles. The van der Waals surface area contributed by atoms with Crippen LogP contribution >= 0.6 is 0 Å². The van der Waals surface area contributed by atoms with E-state index in [0.29, 0.717) is 5.56 Å². The topological polar surface area (TPSA) is 66.5 Å². The molecule has 1 rings (SSSR count). The first-order valence-electron chi connectivity index (χ1n) is 9.09. The second-order valence-corrected chi connectivity index (χ2v) is 8.86. The van der Waals surface area contributed by atoms with Gasteiger partial charge in [0.05, 0.1) is 4.90 Å². The normalized spacial score (nSPS) is 13.2. The Hall–Kier alpha value is -1.40. The van der Waals surface area contributed by atoms with Gasteiger partial charge in [-0.15, -0.1) is 0 Å². The summed E-state index contributed by atoms with van der Waals surface area (Å²) in [5.41, 5.74) is 0.478. The van der Waals surface area contributed by atoms with Crippen molar-refractivity contribution in [1.82, 2.24) is 9.62 Å². The molecule has 1 unspecified atom stereocenters. The van der Waals surface area contributed by atoms with Gasteiger partial charge in [-0.05, 0) is 51.5 Å². The standard InChI is InChI=1S/C19H32N2O3S/c1-6-7-8-9-10-16(4)20-19(22)17-11-13-18(14-12-17)25(23,24)21(5)15(2)3/h11-16H,6-10H2,1-5H3,(H,20,22). The van der Waals surface area contributed by atoms with Gasteiger partial charge in [0.15, 0.2) is 0 Å². The number of benzene rings is 1. The summed E-state index contributed by atoms with van der Waals surface area (Å²) >= 11 is 0. The van der Waals surface area contributed by atoms with E-state index in [-0.39, 0.29) is 22.9 Å². The molecule has 1 aromatic carbocycles. The number of carbonyl (C=O) groups excluding carboxylic acids is 1. The highest BCUT2D eigenvalue weighted by molar-refractivity contribution is 7.89. The number of nitrogens with one attached hydrogen (secondary N) is 1. The van der Waals surface area contributed by atoms with Crippen LogP contribution in [-0.2, 0) is 10.0 Å². The monoisotopic (exact) mass is 368 g/mol. The maximum atomic E-state index is 12.4. The minimum Gasteiger partial charge on any atom is -0.350 e. The molecule has 1 N–H and O–H groups in total. The van der Waals surface area contributed by atoms with Gasteiger partial charge in [-0.25, -0.2) is 8.42 Å². The van der Waals surface area contributed by atoms with Crippen LogP contribution in [0.2, 0.25) is 0 Å². The summed E-state index contributed by atoms with van der Waals surface area (Å²) < 4.78 is 26.2. The zero-order valence-electron chi connectivity index (χ0n) is 16.1. The molecule has 1 aromatic rings. The maximum Gasteiger partial charge on any atom is 0.251 e. The third-order valence-electron chi connectivity index (χ3n) is 4.39. The summed E-state index contributed by atoms with van der Waals surface area (Å²) in [6.45, 7) is 7.82. The predicted octanol–water partition coefficient (Wildman–Crippen LogP) is 3.80. The largest absolute Gasteiger partial charge is 0.350 e. The predicted molar refractivity (Wildman–Crippen MR) is 102 cm³/mol. The van der Waals surface area contributed by atoms with Crippen molar-refractivity contribution in [3.05, 3.63) is 29.8 Å². The van der Waals surface area contributed by atoms with Gasteiger partial charge in [0.25, 0.3) is 5.91 Å². The van der Waals surface area contributed by atoms with E-state index >= 15 is 0 Å². The van der Waals surface area contributed by atoms with Crippen LogP contribution in [0.5, 0.6) is 0 Å². The van der Waals surface area contributed by atoms with E-state index in [1.807, 2.05) is 20.8 Å². The van der Waals surface area contributed by atoms with Crippen LogP contribution in [-0.4, -0.2) is 37.8 Å². The van der Waals surface area contributed by atoms with Crippen LogP contribution in [0.4, 0.5) is 0 Å². The van der Waals surface area contributed by atoms with E-state index in [0.717, 1.165) is 12.8 Å². The number of sulfonamides is 1. The second kappa shape index (κ2) is 9.92. The zero-order chi connectivity index (χ0) is 19.0. The van der Waals surface area contributed by atoms with Crippen molar-refractivity contribution >= 4 is 15.9 Å². The van der Waals surface area contributed by atoms with E-state index in [1.54, 1.807) is 19.2 Å². The van der Waals surface area contributed by atoms with Crippen LogP contribution in [0.3, 0.4) is 0 Å². The quantitative estimate of drug-likeness (QED) is 0.639. The van der Waals surface area contributed by atoms with Crippen molar-refractivity contribution in [2.45, 2.75) is 76.8 Å². The minimum absolute atomic E-state index is 0.111. The highest BCUT2D eigenvalue weighted by Gasteiger charge is 2.23. The van der Waals surface area contributed by atoms with Crippen molar-refractivity contribution in [3.63, 3.8) is 0 Å². The maximum absolute atomic E-state index is 12.4. The molecule has 25 heavy (non-hydrogen) atoms. The van der Waals surface area contributed by atoms with Crippen molar-refractivity contribution in [3.8, 4) is 0 Å². The second-order valence-electron chi connectivity index (χ2n) is 6.86. The molecule has 0 spiro atoms. The summed E-state index contributed by atoms with van der Waals surface area (Å²) in [4.78, 5) is 12.5. The number of nitrogens with zero attached hydrogens (tertiary/aromatic N) is 1. The molecule has 6 heteroatoms. The molecule has 0 aliphatic rings. The lowest BCUT2D eigenvalue weighted by Crippen LogP contribution is -2.33. The average molecular weight is 369 g/mol. The highest BCUT2D eigenvalue weighted by Crippen LogP contribution is 2.17. The Morgan fingerprint density at radius 2 is 1.68 bits per heavy atom. The first-order chi connectivity index (χ1) is 11.7. The molecular formula is C19H32N2O3S. The van der Waals surface area contributed by atoms with E-state index in [1.165, 1.54) is 35.7 Å². The highest BCUT2D eigenvalue weighted by atomic mass is 32.2. The Morgan fingerprint density at radius 3 is 2.20 bits per heavy atom. The summed E-state index contributed by atoms with van der Waals surface area (Å²) in [6.07, 6.45) is 5.67. The van der Waals surface area contributed by atoms with Crippen LogP contribution in [0, 0.1) is 0 Å². The van der Waals surface area contributed by atoms with Crippen LogP contribution in [0.1, 0.15) is 70.2 Å². The van der Waals surface area contributed by atoms with Gasteiger partial charge in [0.1, 0.15) is 0 Å². The Labute approximate surface area is 152 Å². The lowest BCUT2D eigenvalue weighted by Gasteiger charge is -2.21. The van der Waals surface area contributed by atoms with Crippen molar-refractivity contribution in [2.24, 2.45) is 0 Å². The van der Waals surface area contributed by atoms with E-state index in [2.05, 4.69) is 12.2 Å². The Kier molecular flexibility index (Phi) is 8.59. The number of hydrogen-bond acceptors (Lipinski definition) is 3. The molecule has 5 nitrogen and oxygen atoms in total. The fourth-order valence-electron chi connectivity index (χ4n) is 2.48. The fraction of sp³-hybridized carbons (Fsp3) is 0.632. The molecule has 142 valence electrons. The van der Waals surface area contributed by atoms with E-state index in [9.17, 15) is 13.2 Å². The van der Waals surface area contributed by atoms with Gasteiger partial charge >= 0.3 is 0 Å². The third-order valence-corrected chi connectivity index (χ3v) is 6.44. The molecule has 0 radical (unpaired) electrons. The lowest BCUT2D eigenvalue weighted by atomic mass is 10.1. The van der Waals surface area contributed by atoms with Gasteiger partial charge in [-0.3, -0.25) is 4.79 Å². The molecule has 1 amide bonds. The first-order valence-corrected chi connectivity index (χ1v) is 10.5. The van der Waals surface area contributed by atoms with Crippen LogP contribution < -0.4 is 5.32 Å². The molecule has 0 bridgehead atoms. The number of hydrogen-bond donors (Lipinski definition) is 1. The molecule has 0 saturated carbocycles. The molecule has 1 atom stereocenters. The number of amides is 1. The Bertz CT molecular complexity index is 639.